The van der Waals surface area contributed by atoms with Gasteiger partial charge in [0.25, 0.3) is 0 Å². The highest BCUT2D eigenvalue weighted by molar-refractivity contribution is 5.44. The second-order valence-electron chi connectivity index (χ2n) is 5.55. The van der Waals surface area contributed by atoms with E-state index in [1.54, 1.807) is 0 Å². The second kappa shape index (κ2) is 4.86. The zero-order valence-electron chi connectivity index (χ0n) is 10.7. The Morgan fingerprint density at radius 1 is 1.28 bits per heavy atom. The SMILES string of the molecule is OCC1(NC2CCN(c3ccncc3)CC2)CC1. The summed E-state index contributed by atoms with van der Waals surface area (Å²) in [6, 6.07) is 4.71. The summed E-state index contributed by atoms with van der Waals surface area (Å²) in [5, 5.41) is 13.0. The summed E-state index contributed by atoms with van der Waals surface area (Å²) < 4.78 is 0. The van der Waals surface area contributed by atoms with E-state index in [-0.39, 0.29) is 12.1 Å². The van der Waals surface area contributed by atoms with Crippen LogP contribution in [-0.2, 0) is 0 Å². The molecular weight excluding hydrogens is 226 g/mol. The Hall–Kier alpha value is -1.13. The molecule has 2 aliphatic rings. The first kappa shape index (κ1) is 11.9. The van der Waals surface area contributed by atoms with Crippen molar-refractivity contribution in [3.8, 4) is 0 Å². The topological polar surface area (TPSA) is 48.4 Å². The third-order valence-corrected chi connectivity index (χ3v) is 4.19. The summed E-state index contributed by atoms with van der Waals surface area (Å²) in [6.45, 7) is 2.46. The first-order valence-corrected chi connectivity index (χ1v) is 6.85. The maximum absolute atomic E-state index is 9.34. The monoisotopic (exact) mass is 247 g/mol. The van der Waals surface area contributed by atoms with Crippen molar-refractivity contribution in [1.82, 2.24) is 10.3 Å². The fraction of sp³-hybridized carbons (Fsp3) is 0.643. The molecule has 98 valence electrons. The van der Waals surface area contributed by atoms with Gasteiger partial charge in [0.1, 0.15) is 0 Å². The summed E-state index contributed by atoms with van der Waals surface area (Å²) in [5.41, 5.74) is 1.34. The molecule has 18 heavy (non-hydrogen) atoms. The van der Waals surface area contributed by atoms with Crippen LogP contribution in [-0.4, -0.2) is 41.4 Å². The molecule has 2 N–H and O–H groups in total. The summed E-state index contributed by atoms with van der Waals surface area (Å²) in [4.78, 5) is 6.47. The Kier molecular flexibility index (Phi) is 3.22. The molecule has 0 unspecified atom stereocenters. The number of anilines is 1. The molecule has 0 radical (unpaired) electrons. The Morgan fingerprint density at radius 3 is 2.50 bits per heavy atom. The Balaban J connectivity index is 1.52. The molecule has 1 aromatic heterocycles. The largest absolute Gasteiger partial charge is 0.394 e. The van der Waals surface area contributed by atoms with Crippen molar-refractivity contribution in [2.75, 3.05) is 24.6 Å². The van der Waals surface area contributed by atoms with Gasteiger partial charge < -0.3 is 15.3 Å². The molecule has 1 aliphatic carbocycles. The highest BCUT2D eigenvalue weighted by atomic mass is 16.3. The lowest BCUT2D eigenvalue weighted by Gasteiger charge is -2.35. The van der Waals surface area contributed by atoms with Crippen molar-refractivity contribution >= 4 is 5.69 Å². The van der Waals surface area contributed by atoms with Gasteiger partial charge in [0, 0.05) is 42.8 Å². The number of nitrogens with zero attached hydrogens (tertiary/aromatic N) is 2. The number of piperidine rings is 1. The van der Waals surface area contributed by atoms with Gasteiger partial charge in [-0.15, -0.1) is 0 Å². The quantitative estimate of drug-likeness (QED) is 0.838. The number of aromatic nitrogens is 1. The lowest BCUT2D eigenvalue weighted by Crippen LogP contribution is -2.48. The molecule has 0 bridgehead atoms. The number of pyridine rings is 1. The van der Waals surface area contributed by atoms with Crippen LogP contribution >= 0.6 is 0 Å². The van der Waals surface area contributed by atoms with Gasteiger partial charge in [-0.2, -0.15) is 0 Å². The van der Waals surface area contributed by atoms with Gasteiger partial charge in [-0.05, 0) is 37.8 Å². The summed E-state index contributed by atoms with van der Waals surface area (Å²) in [7, 11) is 0. The summed E-state index contributed by atoms with van der Waals surface area (Å²) in [5.74, 6) is 0. The van der Waals surface area contributed by atoms with Crippen LogP contribution in [0.25, 0.3) is 0 Å². The highest BCUT2D eigenvalue weighted by Crippen LogP contribution is 2.36. The summed E-state index contributed by atoms with van der Waals surface area (Å²) in [6.07, 6.45) is 8.28. The lowest BCUT2D eigenvalue weighted by molar-refractivity contribution is 0.210. The number of hydrogen-bond donors (Lipinski definition) is 2. The van der Waals surface area contributed by atoms with Crippen LogP contribution < -0.4 is 10.2 Å². The minimum absolute atomic E-state index is 0.0729. The molecule has 0 aromatic carbocycles. The minimum Gasteiger partial charge on any atom is -0.394 e. The molecule has 4 nitrogen and oxygen atoms in total. The minimum atomic E-state index is 0.0729. The summed E-state index contributed by atoms with van der Waals surface area (Å²) >= 11 is 0. The molecule has 1 saturated heterocycles. The molecule has 2 heterocycles. The number of aliphatic hydroxyl groups excluding tert-OH is 1. The van der Waals surface area contributed by atoms with E-state index in [4.69, 9.17) is 0 Å². The van der Waals surface area contributed by atoms with Gasteiger partial charge in [-0.1, -0.05) is 0 Å². The van der Waals surface area contributed by atoms with Crippen molar-refractivity contribution in [3.05, 3.63) is 24.5 Å². The fourth-order valence-corrected chi connectivity index (χ4v) is 2.77. The predicted octanol–water partition coefficient (Wildman–Crippen LogP) is 1.16. The van der Waals surface area contributed by atoms with Crippen molar-refractivity contribution in [2.45, 2.75) is 37.3 Å². The number of nitrogens with one attached hydrogen (secondary N) is 1. The average Bonchev–Trinajstić information content (AvgIpc) is 3.21. The van der Waals surface area contributed by atoms with Crippen LogP contribution in [0.1, 0.15) is 25.7 Å². The van der Waals surface area contributed by atoms with Gasteiger partial charge in [0.05, 0.1) is 6.61 Å². The smallest absolute Gasteiger partial charge is 0.0613 e. The second-order valence-corrected chi connectivity index (χ2v) is 5.55. The average molecular weight is 247 g/mol. The molecular formula is C14H21N3O. The Morgan fingerprint density at radius 2 is 1.94 bits per heavy atom. The maximum Gasteiger partial charge on any atom is 0.0613 e. The van der Waals surface area contributed by atoms with Gasteiger partial charge in [-0.25, -0.2) is 0 Å². The van der Waals surface area contributed by atoms with E-state index in [0.717, 1.165) is 38.8 Å². The molecule has 1 saturated carbocycles. The van der Waals surface area contributed by atoms with E-state index in [0.29, 0.717) is 6.04 Å². The van der Waals surface area contributed by atoms with Gasteiger partial charge in [0.15, 0.2) is 0 Å². The van der Waals surface area contributed by atoms with Crippen molar-refractivity contribution < 1.29 is 5.11 Å². The van der Waals surface area contributed by atoms with Gasteiger partial charge in [0.2, 0.25) is 0 Å². The predicted molar refractivity (Wildman–Crippen MR) is 71.7 cm³/mol. The van der Waals surface area contributed by atoms with Crippen LogP contribution in [0.3, 0.4) is 0 Å². The molecule has 2 fully saturated rings. The number of hydrogen-bond acceptors (Lipinski definition) is 4. The highest BCUT2D eigenvalue weighted by Gasteiger charge is 2.43. The van der Waals surface area contributed by atoms with Gasteiger partial charge >= 0.3 is 0 Å². The van der Waals surface area contributed by atoms with E-state index in [9.17, 15) is 5.11 Å². The maximum atomic E-state index is 9.34. The van der Waals surface area contributed by atoms with Crippen LogP contribution in [0.2, 0.25) is 0 Å². The van der Waals surface area contributed by atoms with Crippen LogP contribution in [0.4, 0.5) is 5.69 Å². The third-order valence-electron chi connectivity index (χ3n) is 4.19. The van der Waals surface area contributed by atoms with E-state index >= 15 is 0 Å². The first-order valence-electron chi connectivity index (χ1n) is 6.85. The molecule has 4 heteroatoms. The molecule has 1 aromatic rings. The number of aliphatic hydroxyl groups is 1. The van der Waals surface area contributed by atoms with Crippen LogP contribution in [0.5, 0.6) is 0 Å². The van der Waals surface area contributed by atoms with Crippen molar-refractivity contribution in [3.63, 3.8) is 0 Å². The zero-order chi connectivity index (χ0) is 12.4. The fourth-order valence-electron chi connectivity index (χ4n) is 2.77. The number of rotatable bonds is 4. The Labute approximate surface area is 108 Å². The van der Waals surface area contributed by atoms with Crippen molar-refractivity contribution in [1.29, 1.82) is 0 Å². The zero-order valence-corrected chi connectivity index (χ0v) is 10.7. The van der Waals surface area contributed by atoms with Gasteiger partial charge in [-0.3, -0.25) is 4.98 Å². The lowest BCUT2D eigenvalue weighted by atomic mass is 10.0. The molecule has 3 rings (SSSR count). The molecule has 0 spiro atoms. The molecule has 0 atom stereocenters. The normalized spacial score (nSPS) is 23.1. The van der Waals surface area contributed by atoms with E-state index < -0.39 is 0 Å². The Bertz CT molecular complexity index is 383. The van der Waals surface area contributed by atoms with E-state index in [1.807, 2.05) is 12.4 Å². The van der Waals surface area contributed by atoms with E-state index in [1.165, 1.54) is 5.69 Å². The standard InChI is InChI=1S/C14H21N3O/c18-11-14(5-6-14)16-12-3-9-17(10-4-12)13-1-7-15-8-2-13/h1-2,7-8,12,16,18H,3-6,9-11H2. The van der Waals surface area contributed by atoms with Crippen LogP contribution in [0, 0.1) is 0 Å². The third kappa shape index (κ3) is 2.49. The van der Waals surface area contributed by atoms with E-state index in [2.05, 4.69) is 27.3 Å². The first-order chi connectivity index (χ1) is 8.81. The molecule has 1 aliphatic heterocycles. The van der Waals surface area contributed by atoms with Crippen LogP contribution in [0.15, 0.2) is 24.5 Å². The molecule has 0 amide bonds. The van der Waals surface area contributed by atoms with Crippen molar-refractivity contribution in [2.24, 2.45) is 0 Å².